The highest BCUT2D eigenvalue weighted by Crippen LogP contribution is 2.38. The normalized spacial score (nSPS) is 20.1. The van der Waals surface area contributed by atoms with Crippen molar-refractivity contribution in [3.63, 3.8) is 0 Å². The van der Waals surface area contributed by atoms with Gasteiger partial charge in [0.25, 0.3) is 0 Å². The first-order valence-corrected chi connectivity index (χ1v) is 9.20. The summed E-state index contributed by atoms with van der Waals surface area (Å²) in [6.07, 6.45) is 0.757. The van der Waals surface area contributed by atoms with E-state index >= 15 is 0 Å². The number of ether oxygens (including phenoxy) is 1. The number of aliphatic hydroxyl groups is 1. The van der Waals surface area contributed by atoms with Crippen LogP contribution in [0.1, 0.15) is 56.4 Å². The molecule has 0 aromatic heterocycles. The van der Waals surface area contributed by atoms with E-state index in [0.29, 0.717) is 26.0 Å². The summed E-state index contributed by atoms with van der Waals surface area (Å²) >= 11 is 0. The summed E-state index contributed by atoms with van der Waals surface area (Å²) in [7, 11) is -0.263. The molecule has 4 nitrogen and oxygen atoms in total. The average molecular weight is 348 g/mol. The quantitative estimate of drug-likeness (QED) is 0.758. The zero-order valence-corrected chi connectivity index (χ0v) is 16.8. The largest absolute Gasteiger partial charge is 0.457 e. The lowest BCUT2D eigenvalue weighted by Crippen LogP contribution is -2.41. The molecule has 1 N–H and O–H groups in total. The monoisotopic (exact) mass is 348 g/mol. The standard InChI is InChI=1S/C20H33BO4/c1-14-10-15(2)18(16(3)11-14)13-23-12-17(22)8-9-21-24-19(4,5)20(6,7)25-21/h10-11,17,22H,8-9,12-13H2,1-7H3. The zero-order valence-electron chi connectivity index (χ0n) is 16.8. The fourth-order valence-electron chi connectivity index (χ4n) is 3.23. The summed E-state index contributed by atoms with van der Waals surface area (Å²) in [5.74, 6) is 0. The fourth-order valence-corrected chi connectivity index (χ4v) is 3.23. The van der Waals surface area contributed by atoms with Crippen molar-refractivity contribution in [1.29, 1.82) is 0 Å². The topological polar surface area (TPSA) is 47.9 Å². The van der Waals surface area contributed by atoms with E-state index in [2.05, 4.69) is 32.9 Å². The van der Waals surface area contributed by atoms with Gasteiger partial charge in [-0.15, -0.1) is 0 Å². The third-order valence-corrected chi connectivity index (χ3v) is 5.43. The molecule has 0 saturated carbocycles. The maximum absolute atomic E-state index is 10.2. The Bertz CT molecular complexity index is 558. The Labute approximate surface area is 153 Å². The van der Waals surface area contributed by atoms with Crippen molar-refractivity contribution in [2.24, 2.45) is 0 Å². The van der Waals surface area contributed by atoms with Crippen LogP contribution in [0.3, 0.4) is 0 Å². The summed E-state index contributed by atoms with van der Waals surface area (Å²) in [5, 5.41) is 10.2. The van der Waals surface area contributed by atoms with Crippen molar-refractivity contribution in [3.05, 3.63) is 34.4 Å². The van der Waals surface area contributed by atoms with Crippen molar-refractivity contribution >= 4 is 7.12 Å². The van der Waals surface area contributed by atoms with Crippen molar-refractivity contribution in [2.45, 2.75) is 85.1 Å². The van der Waals surface area contributed by atoms with Crippen LogP contribution in [-0.4, -0.2) is 36.1 Å². The van der Waals surface area contributed by atoms with E-state index in [-0.39, 0.29) is 18.3 Å². The Morgan fingerprint density at radius 2 is 1.56 bits per heavy atom. The maximum Gasteiger partial charge on any atom is 0.457 e. The molecular weight excluding hydrogens is 315 g/mol. The van der Waals surface area contributed by atoms with Gasteiger partial charge in [-0.25, -0.2) is 0 Å². The van der Waals surface area contributed by atoms with Crippen molar-refractivity contribution in [2.75, 3.05) is 6.61 Å². The van der Waals surface area contributed by atoms with Gasteiger partial charge in [0.1, 0.15) is 0 Å². The van der Waals surface area contributed by atoms with E-state index in [4.69, 9.17) is 14.0 Å². The van der Waals surface area contributed by atoms with E-state index in [1.165, 1.54) is 22.3 Å². The van der Waals surface area contributed by atoms with Gasteiger partial charge in [0.05, 0.1) is 30.5 Å². The smallest absolute Gasteiger partial charge is 0.403 e. The van der Waals surface area contributed by atoms with Crippen LogP contribution in [0.25, 0.3) is 0 Å². The van der Waals surface area contributed by atoms with E-state index in [1.54, 1.807) is 0 Å². The molecule has 1 heterocycles. The lowest BCUT2D eigenvalue weighted by Gasteiger charge is -2.32. The van der Waals surface area contributed by atoms with Crippen molar-refractivity contribution in [1.82, 2.24) is 0 Å². The van der Waals surface area contributed by atoms with Crippen molar-refractivity contribution in [3.8, 4) is 0 Å². The van der Waals surface area contributed by atoms with Gasteiger partial charge in [-0.1, -0.05) is 17.7 Å². The summed E-state index contributed by atoms with van der Waals surface area (Å²) in [6, 6.07) is 4.33. The van der Waals surface area contributed by atoms with Gasteiger partial charge in [-0.2, -0.15) is 0 Å². The highest BCUT2D eigenvalue weighted by Gasteiger charge is 2.50. The third kappa shape index (κ3) is 5.07. The molecule has 1 aliphatic rings. The number of aryl methyl sites for hydroxylation is 3. The number of aliphatic hydroxyl groups excluding tert-OH is 1. The molecular formula is C20H33BO4. The Balaban J connectivity index is 1.74. The molecule has 1 aliphatic heterocycles. The molecule has 1 fully saturated rings. The summed E-state index contributed by atoms with van der Waals surface area (Å²) in [6.45, 7) is 15.3. The average Bonchev–Trinajstić information content (AvgIpc) is 2.67. The Hall–Kier alpha value is -0.875. The second-order valence-electron chi connectivity index (χ2n) is 8.31. The molecule has 0 amide bonds. The minimum absolute atomic E-state index is 0.263. The Morgan fingerprint density at radius 1 is 1.04 bits per heavy atom. The SMILES string of the molecule is Cc1cc(C)c(COCC(O)CCB2OC(C)(C)C(C)(C)O2)c(C)c1. The summed E-state index contributed by atoms with van der Waals surface area (Å²) in [5.41, 5.74) is 4.32. The predicted octanol–water partition coefficient (Wildman–Crippen LogP) is 3.97. The molecule has 1 unspecified atom stereocenters. The minimum Gasteiger partial charge on any atom is -0.403 e. The van der Waals surface area contributed by atoms with Gasteiger partial charge in [0.15, 0.2) is 0 Å². The van der Waals surface area contributed by atoms with E-state index in [0.717, 1.165) is 0 Å². The Morgan fingerprint density at radius 3 is 2.08 bits per heavy atom. The lowest BCUT2D eigenvalue weighted by molar-refractivity contribution is 0.00578. The zero-order chi connectivity index (χ0) is 18.8. The maximum atomic E-state index is 10.2. The van der Waals surface area contributed by atoms with Gasteiger partial charge in [0.2, 0.25) is 0 Å². The molecule has 1 atom stereocenters. The first-order chi connectivity index (χ1) is 11.5. The first kappa shape index (κ1) is 20.4. The molecule has 0 bridgehead atoms. The second-order valence-corrected chi connectivity index (χ2v) is 8.31. The summed E-state index contributed by atoms with van der Waals surface area (Å²) in [4.78, 5) is 0. The molecule has 5 heteroatoms. The van der Waals surface area contributed by atoms with Gasteiger partial charge in [0, 0.05) is 0 Å². The van der Waals surface area contributed by atoms with Gasteiger partial charge in [-0.05, 0) is 77.9 Å². The minimum atomic E-state index is -0.509. The highest BCUT2D eigenvalue weighted by atomic mass is 16.7. The van der Waals surface area contributed by atoms with E-state index in [1.807, 2.05) is 27.7 Å². The van der Waals surface area contributed by atoms with Gasteiger partial charge in [-0.3, -0.25) is 0 Å². The van der Waals surface area contributed by atoms with Crippen molar-refractivity contribution < 1.29 is 19.2 Å². The fraction of sp³-hybridized carbons (Fsp3) is 0.700. The van der Waals surface area contributed by atoms with Crippen LogP contribution < -0.4 is 0 Å². The molecule has 140 valence electrons. The van der Waals surface area contributed by atoms with Crippen LogP contribution in [0, 0.1) is 20.8 Å². The van der Waals surface area contributed by atoms with Crippen LogP contribution in [0.2, 0.25) is 6.32 Å². The number of hydrogen-bond acceptors (Lipinski definition) is 4. The van der Waals surface area contributed by atoms with Crippen LogP contribution in [0.4, 0.5) is 0 Å². The molecule has 0 spiro atoms. The van der Waals surface area contributed by atoms with Gasteiger partial charge >= 0.3 is 7.12 Å². The number of hydrogen-bond donors (Lipinski definition) is 1. The van der Waals surface area contributed by atoms with Crippen LogP contribution in [0.5, 0.6) is 0 Å². The molecule has 1 aromatic rings. The molecule has 1 saturated heterocycles. The molecule has 25 heavy (non-hydrogen) atoms. The Kier molecular flexibility index (Phi) is 6.37. The van der Waals surface area contributed by atoms with Crippen LogP contribution in [-0.2, 0) is 20.7 Å². The number of benzene rings is 1. The summed E-state index contributed by atoms with van der Waals surface area (Å²) < 4.78 is 17.7. The third-order valence-electron chi connectivity index (χ3n) is 5.43. The number of rotatable bonds is 7. The molecule has 2 rings (SSSR count). The van der Waals surface area contributed by atoms with E-state index < -0.39 is 6.10 Å². The van der Waals surface area contributed by atoms with Crippen LogP contribution in [0.15, 0.2) is 12.1 Å². The molecule has 0 radical (unpaired) electrons. The van der Waals surface area contributed by atoms with E-state index in [9.17, 15) is 5.11 Å². The predicted molar refractivity (Wildman–Crippen MR) is 102 cm³/mol. The highest BCUT2D eigenvalue weighted by molar-refractivity contribution is 6.45. The molecule has 1 aromatic carbocycles. The lowest BCUT2D eigenvalue weighted by atomic mass is 9.82. The first-order valence-electron chi connectivity index (χ1n) is 9.20. The molecule has 0 aliphatic carbocycles. The van der Waals surface area contributed by atoms with Crippen LogP contribution >= 0.6 is 0 Å². The van der Waals surface area contributed by atoms with Gasteiger partial charge < -0.3 is 19.2 Å². The second kappa shape index (κ2) is 7.79.